The predicted molar refractivity (Wildman–Crippen MR) is 111 cm³/mol. The van der Waals surface area contributed by atoms with E-state index >= 15 is 0 Å². The van der Waals surface area contributed by atoms with Crippen LogP contribution in [-0.4, -0.2) is 55.8 Å². The summed E-state index contributed by atoms with van der Waals surface area (Å²) in [5.74, 6) is 2.23. The molecule has 6 heteroatoms. The number of ketones is 1. The highest BCUT2D eigenvalue weighted by Gasteiger charge is 2.30. The second kappa shape index (κ2) is 9.76. The van der Waals surface area contributed by atoms with Crippen molar-refractivity contribution in [1.82, 2.24) is 4.90 Å². The number of carbonyl (C=O) groups excluding carboxylic acids is 1. The fourth-order valence-corrected chi connectivity index (χ4v) is 3.79. The smallest absolute Gasteiger partial charge is 0.159 e. The Morgan fingerprint density at radius 1 is 1.14 bits per heavy atom. The number of rotatable bonds is 9. The van der Waals surface area contributed by atoms with Crippen molar-refractivity contribution >= 4 is 5.78 Å². The summed E-state index contributed by atoms with van der Waals surface area (Å²) in [6, 6.07) is 13.1. The molecule has 2 aromatic carbocycles. The summed E-state index contributed by atoms with van der Waals surface area (Å²) >= 11 is 0. The number of hydrogen-bond donors (Lipinski definition) is 1. The van der Waals surface area contributed by atoms with Gasteiger partial charge in [0.2, 0.25) is 0 Å². The minimum Gasteiger partial charge on any atom is -0.497 e. The number of carbonyl (C=O) groups is 1. The van der Waals surface area contributed by atoms with Gasteiger partial charge in [0.15, 0.2) is 5.78 Å². The van der Waals surface area contributed by atoms with Gasteiger partial charge in [-0.1, -0.05) is 6.07 Å². The van der Waals surface area contributed by atoms with E-state index in [-0.39, 0.29) is 18.4 Å². The molecule has 156 valence electrons. The van der Waals surface area contributed by atoms with E-state index in [9.17, 15) is 9.90 Å². The molecule has 1 aliphatic heterocycles. The van der Waals surface area contributed by atoms with Crippen LogP contribution in [0.4, 0.5) is 0 Å². The zero-order chi connectivity index (χ0) is 20.8. The molecular weight excluding hydrogens is 370 g/mol. The third-order valence-corrected chi connectivity index (χ3v) is 5.31. The molecule has 3 rings (SSSR count). The number of hydrogen-bond acceptors (Lipinski definition) is 6. The summed E-state index contributed by atoms with van der Waals surface area (Å²) in [4.78, 5) is 13.6. The number of nitrogens with zero attached hydrogens (tertiary/aromatic N) is 1. The molecular formula is C23H29NO5. The van der Waals surface area contributed by atoms with Gasteiger partial charge in [0, 0.05) is 29.8 Å². The highest BCUT2D eigenvalue weighted by molar-refractivity contribution is 5.94. The average molecular weight is 399 g/mol. The van der Waals surface area contributed by atoms with E-state index in [1.807, 2.05) is 18.2 Å². The molecule has 2 aromatic rings. The Hall–Kier alpha value is -2.57. The molecule has 0 amide bonds. The highest BCUT2D eigenvalue weighted by Crippen LogP contribution is 2.38. The normalized spacial score (nSPS) is 17.7. The van der Waals surface area contributed by atoms with Crippen LogP contribution in [0.15, 0.2) is 42.5 Å². The Labute approximate surface area is 172 Å². The molecule has 1 heterocycles. The first-order valence-corrected chi connectivity index (χ1v) is 9.89. The number of likely N-dealkylation sites (tertiary alicyclic amines) is 1. The minimum atomic E-state index is -0.618. The number of ether oxygens (including phenoxy) is 3. The fraction of sp³-hybridized carbons (Fsp3) is 0.435. The Balaban J connectivity index is 1.59. The molecule has 0 aromatic heterocycles. The summed E-state index contributed by atoms with van der Waals surface area (Å²) in [7, 11) is 3.30. The quantitative estimate of drug-likeness (QED) is 0.651. The van der Waals surface area contributed by atoms with E-state index < -0.39 is 6.10 Å². The average Bonchev–Trinajstić information content (AvgIpc) is 3.19. The first-order valence-electron chi connectivity index (χ1n) is 9.89. The van der Waals surface area contributed by atoms with Crippen molar-refractivity contribution in [2.45, 2.75) is 31.9 Å². The molecule has 6 nitrogen and oxygen atoms in total. The zero-order valence-corrected chi connectivity index (χ0v) is 17.3. The van der Waals surface area contributed by atoms with Crippen LogP contribution in [0.5, 0.6) is 17.2 Å². The molecule has 29 heavy (non-hydrogen) atoms. The Morgan fingerprint density at radius 2 is 1.86 bits per heavy atom. The monoisotopic (exact) mass is 399 g/mol. The summed E-state index contributed by atoms with van der Waals surface area (Å²) in [5, 5.41) is 10.5. The van der Waals surface area contributed by atoms with E-state index in [0.29, 0.717) is 17.9 Å². The second-order valence-corrected chi connectivity index (χ2v) is 7.31. The van der Waals surface area contributed by atoms with Crippen LogP contribution < -0.4 is 14.2 Å². The van der Waals surface area contributed by atoms with Crippen molar-refractivity contribution in [3.8, 4) is 17.2 Å². The van der Waals surface area contributed by atoms with Gasteiger partial charge < -0.3 is 19.3 Å². The van der Waals surface area contributed by atoms with Crippen LogP contribution in [-0.2, 0) is 0 Å². The molecule has 1 aliphatic rings. The van der Waals surface area contributed by atoms with Gasteiger partial charge in [-0.3, -0.25) is 9.69 Å². The number of aliphatic hydroxyl groups excluding tert-OH is 1. The van der Waals surface area contributed by atoms with Crippen LogP contribution in [0, 0.1) is 0 Å². The van der Waals surface area contributed by atoms with Gasteiger partial charge in [0.1, 0.15) is 30.0 Å². The van der Waals surface area contributed by atoms with Gasteiger partial charge in [-0.2, -0.15) is 0 Å². The molecule has 0 radical (unpaired) electrons. The lowest BCUT2D eigenvalue weighted by atomic mass is 10.0. The fourth-order valence-electron chi connectivity index (χ4n) is 3.79. The summed E-state index contributed by atoms with van der Waals surface area (Å²) in [6.07, 6.45) is 1.47. The predicted octanol–water partition coefficient (Wildman–Crippen LogP) is 3.48. The number of aliphatic hydroxyl groups is 1. The Bertz CT molecular complexity index is 821. The molecule has 1 fully saturated rings. The lowest BCUT2D eigenvalue weighted by molar-refractivity contribution is 0.0635. The lowest BCUT2D eigenvalue weighted by Crippen LogP contribution is -2.35. The van der Waals surface area contributed by atoms with E-state index in [1.165, 1.54) is 6.92 Å². The maximum Gasteiger partial charge on any atom is 0.159 e. The van der Waals surface area contributed by atoms with Crippen LogP contribution in [0.2, 0.25) is 0 Å². The van der Waals surface area contributed by atoms with Gasteiger partial charge in [-0.15, -0.1) is 0 Å². The molecule has 0 aliphatic carbocycles. The lowest BCUT2D eigenvalue weighted by Gasteiger charge is -2.28. The van der Waals surface area contributed by atoms with E-state index in [0.717, 1.165) is 36.4 Å². The Morgan fingerprint density at radius 3 is 2.52 bits per heavy atom. The van der Waals surface area contributed by atoms with Crippen LogP contribution in [0.3, 0.4) is 0 Å². The maximum absolute atomic E-state index is 11.3. The maximum atomic E-state index is 11.3. The van der Waals surface area contributed by atoms with Gasteiger partial charge in [-0.05, 0) is 56.6 Å². The SMILES string of the molecule is COc1ccc(C2CCCN2CC(O)COc2ccc(C(C)=O)cc2)c(OC)c1. The van der Waals surface area contributed by atoms with Crippen molar-refractivity contribution in [2.75, 3.05) is 33.9 Å². The van der Waals surface area contributed by atoms with Crippen molar-refractivity contribution in [3.05, 3.63) is 53.6 Å². The van der Waals surface area contributed by atoms with E-state index in [1.54, 1.807) is 38.5 Å². The zero-order valence-electron chi connectivity index (χ0n) is 17.3. The first kappa shape index (κ1) is 21.1. The summed E-state index contributed by atoms with van der Waals surface area (Å²) in [6.45, 7) is 3.17. The van der Waals surface area contributed by atoms with Crippen LogP contribution >= 0.6 is 0 Å². The third-order valence-electron chi connectivity index (χ3n) is 5.31. The number of β-amino-alcohol motifs (C(OH)–C–C–N with tert-alkyl or cyclic N) is 1. The number of Topliss-reactive ketones (excluding diaryl/α,β-unsaturated/α-hetero) is 1. The minimum absolute atomic E-state index is 0.0191. The highest BCUT2D eigenvalue weighted by atomic mass is 16.5. The van der Waals surface area contributed by atoms with Crippen LogP contribution in [0.25, 0.3) is 0 Å². The van der Waals surface area contributed by atoms with Gasteiger partial charge in [-0.25, -0.2) is 0 Å². The summed E-state index contributed by atoms with van der Waals surface area (Å²) in [5.41, 5.74) is 1.75. The molecule has 2 atom stereocenters. The number of methoxy groups -OCH3 is 2. The topological polar surface area (TPSA) is 68.2 Å². The number of benzene rings is 2. The molecule has 1 N–H and O–H groups in total. The largest absolute Gasteiger partial charge is 0.497 e. The van der Waals surface area contributed by atoms with Crippen molar-refractivity contribution < 1.29 is 24.1 Å². The van der Waals surface area contributed by atoms with Crippen molar-refractivity contribution in [1.29, 1.82) is 0 Å². The van der Waals surface area contributed by atoms with E-state index in [4.69, 9.17) is 14.2 Å². The van der Waals surface area contributed by atoms with Gasteiger partial charge in [0.05, 0.1) is 14.2 Å². The molecule has 0 bridgehead atoms. The Kier molecular flexibility index (Phi) is 7.12. The van der Waals surface area contributed by atoms with Crippen molar-refractivity contribution in [3.63, 3.8) is 0 Å². The molecule has 1 saturated heterocycles. The first-order chi connectivity index (χ1) is 14.0. The van der Waals surface area contributed by atoms with Crippen molar-refractivity contribution in [2.24, 2.45) is 0 Å². The van der Waals surface area contributed by atoms with Gasteiger partial charge in [0.25, 0.3) is 0 Å². The third kappa shape index (κ3) is 5.28. The standard InChI is InChI=1S/C23H29NO5/c1-16(25)17-6-8-19(9-7-17)29-15-18(26)14-24-12-4-5-22(24)21-11-10-20(27-2)13-23(21)28-3/h6-11,13,18,22,26H,4-5,12,14-15H2,1-3H3. The molecule has 2 unspecified atom stereocenters. The molecule has 0 spiro atoms. The molecule has 0 saturated carbocycles. The van der Waals surface area contributed by atoms with Gasteiger partial charge >= 0.3 is 0 Å². The summed E-state index contributed by atoms with van der Waals surface area (Å²) < 4.78 is 16.6. The second-order valence-electron chi connectivity index (χ2n) is 7.31. The van der Waals surface area contributed by atoms with Crippen LogP contribution in [0.1, 0.15) is 41.7 Å². The van der Waals surface area contributed by atoms with E-state index in [2.05, 4.69) is 4.90 Å².